The van der Waals surface area contributed by atoms with Crippen molar-refractivity contribution in [3.05, 3.63) is 24.0 Å². The van der Waals surface area contributed by atoms with Crippen molar-refractivity contribution < 1.29 is 0 Å². The summed E-state index contributed by atoms with van der Waals surface area (Å²) in [6, 6.07) is 6.48. The fourth-order valence-corrected chi connectivity index (χ4v) is 3.09. The largest absolute Gasteiger partial charge is 0.399 e. The van der Waals surface area contributed by atoms with Gasteiger partial charge in [0, 0.05) is 23.4 Å². The number of rotatable bonds is 5. The van der Waals surface area contributed by atoms with E-state index in [0.29, 0.717) is 12.0 Å². The van der Waals surface area contributed by atoms with E-state index >= 15 is 0 Å². The normalized spacial score (nSPS) is 13.3. The van der Waals surface area contributed by atoms with Crippen molar-refractivity contribution in [2.45, 2.75) is 39.7 Å². The SMILES string of the molecule is CCSCC(C)n1c(C(C)C)nc2cc(N)ccc21. The number of nitrogen functional groups attached to an aromatic ring is 1. The maximum absolute atomic E-state index is 5.86. The predicted molar refractivity (Wildman–Crippen MR) is 85.9 cm³/mol. The lowest BCUT2D eigenvalue weighted by Crippen LogP contribution is -2.12. The van der Waals surface area contributed by atoms with Crippen LogP contribution in [0.5, 0.6) is 0 Å². The summed E-state index contributed by atoms with van der Waals surface area (Å²) in [5.41, 5.74) is 8.85. The Balaban J connectivity index is 2.51. The number of benzene rings is 1. The second-order valence-corrected chi connectivity index (χ2v) is 6.57. The Morgan fingerprint density at radius 2 is 2.05 bits per heavy atom. The van der Waals surface area contributed by atoms with Crippen molar-refractivity contribution in [2.24, 2.45) is 0 Å². The Hall–Kier alpha value is -1.16. The smallest absolute Gasteiger partial charge is 0.112 e. The van der Waals surface area contributed by atoms with Crippen molar-refractivity contribution in [3.63, 3.8) is 0 Å². The molecule has 2 N–H and O–H groups in total. The molecule has 1 unspecified atom stereocenters. The number of fused-ring (bicyclic) bond motifs is 1. The van der Waals surface area contributed by atoms with Gasteiger partial charge in [0.15, 0.2) is 0 Å². The minimum atomic E-state index is 0.419. The van der Waals surface area contributed by atoms with E-state index in [-0.39, 0.29) is 0 Å². The summed E-state index contributed by atoms with van der Waals surface area (Å²) in [7, 11) is 0. The summed E-state index contributed by atoms with van der Waals surface area (Å²) < 4.78 is 2.38. The molecule has 4 heteroatoms. The van der Waals surface area contributed by atoms with Gasteiger partial charge >= 0.3 is 0 Å². The molecule has 0 aliphatic rings. The minimum Gasteiger partial charge on any atom is -0.399 e. The molecule has 1 aromatic carbocycles. The first kappa shape index (κ1) is 14.3. The highest BCUT2D eigenvalue weighted by atomic mass is 32.2. The number of hydrogen-bond donors (Lipinski definition) is 1. The van der Waals surface area contributed by atoms with Crippen LogP contribution in [0.25, 0.3) is 11.0 Å². The molecule has 1 aromatic heterocycles. The molecular weight excluding hydrogens is 254 g/mol. The Morgan fingerprint density at radius 1 is 1.32 bits per heavy atom. The van der Waals surface area contributed by atoms with Gasteiger partial charge in [-0.25, -0.2) is 4.98 Å². The third kappa shape index (κ3) is 2.89. The van der Waals surface area contributed by atoms with Gasteiger partial charge in [-0.05, 0) is 30.9 Å². The lowest BCUT2D eigenvalue weighted by molar-refractivity contribution is 0.571. The van der Waals surface area contributed by atoms with Crippen LogP contribution in [-0.4, -0.2) is 21.1 Å². The summed E-state index contributed by atoms with van der Waals surface area (Å²) >= 11 is 1.97. The lowest BCUT2D eigenvalue weighted by atomic mass is 10.2. The van der Waals surface area contributed by atoms with Gasteiger partial charge in [0.2, 0.25) is 0 Å². The Bertz CT molecular complexity index is 560. The van der Waals surface area contributed by atoms with Gasteiger partial charge in [-0.15, -0.1) is 0 Å². The van der Waals surface area contributed by atoms with E-state index in [1.54, 1.807) is 0 Å². The molecule has 0 aliphatic heterocycles. The zero-order valence-corrected chi connectivity index (χ0v) is 13.0. The van der Waals surface area contributed by atoms with Crippen molar-refractivity contribution in [1.29, 1.82) is 0 Å². The van der Waals surface area contributed by atoms with Crippen LogP contribution in [0.15, 0.2) is 18.2 Å². The number of nitrogens with two attached hydrogens (primary N) is 1. The molecule has 0 aliphatic carbocycles. The van der Waals surface area contributed by atoms with E-state index in [0.717, 1.165) is 28.5 Å². The van der Waals surface area contributed by atoms with Gasteiger partial charge in [0.25, 0.3) is 0 Å². The first-order valence-electron chi connectivity index (χ1n) is 6.89. The van der Waals surface area contributed by atoms with Crippen LogP contribution in [0, 0.1) is 0 Å². The first-order valence-corrected chi connectivity index (χ1v) is 8.05. The fraction of sp³-hybridized carbons (Fsp3) is 0.533. The molecule has 2 rings (SSSR count). The van der Waals surface area contributed by atoms with Gasteiger partial charge in [-0.2, -0.15) is 11.8 Å². The highest BCUT2D eigenvalue weighted by Gasteiger charge is 2.17. The zero-order chi connectivity index (χ0) is 14.0. The molecule has 0 bridgehead atoms. The summed E-state index contributed by atoms with van der Waals surface area (Å²) in [6.07, 6.45) is 0. The maximum atomic E-state index is 5.86. The zero-order valence-electron chi connectivity index (χ0n) is 12.2. The maximum Gasteiger partial charge on any atom is 0.112 e. The average Bonchev–Trinajstić information content (AvgIpc) is 2.74. The first-order chi connectivity index (χ1) is 9.04. The van der Waals surface area contributed by atoms with Crippen molar-refractivity contribution in [2.75, 3.05) is 17.2 Å². The van der Waals surface area contributed by atoms with Gasteiger partial charge < -0.3 is 10.3 Å². The fourth-order valence-electron chi connectivity index (χ4n) is 2.37. The predicted octanol–water partition coefficient (Wildman–Crippen LogP) is 4.06. The number of thioether (sulfide) groups is 1. The van der Waals surface area contributed by atoms with E-state index in [9.17, 15) is 0 Å². The average molecular weight is 277 g/mol. The number of hydrogen-bond acceptors (Lipinski definition) is 3. The topological polar surface area (TPSA) is 43.8 Å². The van der Waals surface area contributed by atoms with Crippen LogP contribution in [0.4, 0.5) is 5.69 Å². The van der Waals surface area contributed by atoms with E-state index < -0.39 is 0 Å². The molecule has 1 atom stereocenters. The molecule has 0 fully saturated rings. The molecule has 19 heavy (non-hydrogen) atoms. The summed E-state index contributed by atoms with van der Waals surface area (Å²) in [6.45, 7) is 8.86. The van der Waals surface area contributed by atoms with Crippen molar-refractivity contribution in [3.8, 4) is 0 Å². The third-order valence-electron chi connectivity index (χ3n) is 3.26. The second kappa shape index (κ2) is 5.87. The Labute approximate surface area is 119 Å². The number of anilines is 1. The van der Waals surface area contributed by atoms with Crippen LogP contribution in [0.1, 0.15) is 45.5 Å². The number of imidazole rings is 1. The molecule has 2 aromatic rings. The van der Waals surface area contributed by atoms with Crippen LogP contribution in [0.2, 0.25) is 0 Å². The highest BCUT2D eigenvalue weighted by Crippen LogP contribution is 2.28. The van der Waals surface area contributed by atoms with Crippen LogP contribution < -0.4 is 5.73 Å². The monoisotopic (exact) mass is 277 g/mol. The summed E-state index contributed by atoms with van der Waals surface area (Å²) in [4.78, 5) is 4.78. The molecule has 1 heterocycles. The summed E-state index contributed by atoms with van der Waals surface area (Å²) in [5, 5.41) is 0. The molecule has 0 amide bonds. The van der Waals surface area contributed by atoms with Gasteiger partial charge in [-0.1, -0.05) is 20.8 Å². The van der Waals surface area contributed by atoms with E-state index in [4.69, 9.17) is 10.7 Å². The molecule has 0 radical (unpaired) electrons. The minimum absolute atomic E-state index is 0.419. The van der Waals surface area contributed by atoms with Crippen molar-refractivity contribution >= 4 is 28.5 Å². The summed E-state index contributed by atoms with van der Waals surface area (Å²) in [5.74, 6) is 3.85. The Kier molecular flexibility index (Phi) is 4.40. The third-order valence-corrected chi connectivity index (χ3v) is 4.39. The van der Waals surface area contributed by atoms with Crippen LogP contribution in [-0.2, 0) is 0 Å². The van der Waals surface area contributed by atoms with E-state index in [1.807, 2.05) is 23.9 Å². The molecule has 0 spiro atoms. The molecule has 0 saturated carbocycles. The van der Waals surface area contributed by atoms with E-state index in [2.05, 4.69) is 38.3 Å². The lowest BCUT2D eigenvalue weighted by Gasteiger charge is -2.18. The van der Waals surface area contributed by atoms with Crippen molar-refractivity contribution in [1.82, 2.24) is 9.55 Å². The molecule has 104 valence electrons. The number of aromatic nitrogens is 2. The standard InChI is InChI=1S/C15H23N3S/c1-5-19-9-11(4)18-14-7-6-12(16)8-13(14)17-15(18)10(2)3/h6-8,10-11H,5,9,16H2,1-4H3. The number of nitrogens with zero attached hydrogens (tertiary/aromatic N) is 2. The second-order valence-electron chi connectivity index (χ2n) is 5.25. The quantitative estimate of drug-likeness (QED) is 0.838. The van der Waals surface area contributed by atoms with Crippen LogP contribution in [0.3, 0.4) is 0 Å². The molecule has 0 saturated heterocycles. The van der Waals surface area contributed by atoms with Gasteiger partial charge in [-0.3, -0.25) is 0 Å². The Morgan fingerprint density at radius 3 is 2.68 bits per heavy atom. The van der Waals surface area contributed by atoms with Gasteiger partial charge in [0.1, 0.15) is 5.82 Å². The molecular formula is C15H23N3S. The molecule has 3 nitrogen and oxygen atoms in total. The van der Waals surface area contributed by atoms with Crippen LogP contribution >= 0.6 is 11.8 Å². The highest BCUT2D eigenvalue weighted by molar-refractivity contribution is 7.99. The van der Waals surface area contributed by atoms with E-state index in [1.165, 1.54) is 5.52 Å². The van der Waals surface area contributed by atoms with Gasteiger partial charge in [0.05, 0.1) is 11.0 Å².